The highest BCUT2D eigenvalue weighted by atomic mass is 35.5. The van der Waals surface area contributed by atoms with Crippen LogP contribution in [0, 0.1) is 0 Å². The summed E-state index contributed by atoms with van der Waals surface area (Å²) >= 11 is 6.72. The standard InChI is InChI=1S/C11H18ClN3OS/c1-11(2,3)9-8(17-15-14-9)10(16)13-7-5-4-6-12/h4-7H2,1-3H3,(H,13,16). The Labute approximate surface area is 111 Å². The van der Waals surface area contributed by atoms with Crippen molar-refractivity contribution in [3.8, 4) is 0 Å². The van der Waals surface area contributed by atoms with Crippen LogP contribution in [0.25, 0.3) is 0 Å². The van der Waals surface area contributed by atoms with Crippen LogP contribution in [0.2, 0.25) is 0 Å². The number of halogens is 1. The molecule has 1 N–H and O–H groups in total. The van der Waals surface area contributed by atoms with Crippen molar-refractivity contribution in [2.45, 2.75) is 39.0 Å². The van der Waals surface area contributed by atoms with Gasteiger partial charge in [-0.25, -0.2) is 0 Å². The van der Waals surface area contributed by atoms with E-state index in [4.69, 9.17) is 11.6 Å². The lowest BCUT2D eigenvalue weighted by Gasteiger charge is -2.16. The minimum atomic E-state index is -0.157. The van der Waals surface area contributed by atoms with Crippen molar-refractivity contribution < 1.29 is 4.79 Å². The van der Waals surface area contributed by atoms with Crippen molar-refractivity contribution in [2.24, 2.45) is 0 Å². The fourth-order valence-corrected chi connectivity index (χ4v) is 2.31. The highest BCUT2D eigenvalue weighted by Gasteiger charge is 2.25. The van der Waals surface area contributed by atoms with Crippen LogP contribution in [-0.4, -0.2) is 27.9 Å². The Morgan fingerprint density at radius 2 is 2.12 bits per heavy atom. The van der Waals surface area contributed by atoms with E-state index in [1.165, 1.54) is 0 Å². The molecule has 0 spiro atoms. The Morgan fingerprint density at radius 1 is 1.41 bits per heavy atom. The molecule has 0 aliphatic carbocycles. The maximum atomic E-state index is 11.9. The van der Waals surface area contributed by atoms with Crippen LogP contribution < -0.4 is 5.32 Å². The van der Waals surface area contributed by atoms with Gasteiger partial charge in [-0.15, -0.1) is 16.7 Å². The third-order valence-electron chi connectivity index (χ3n) is 2.25. The minimum absolute atomic E-state index is 0.0838. The first-order valence-corrected chi connectivity index (χ1v) is 6.94. The molecule has 0 saturated heterocycles. The smallest absolute Gasteiger partial charge is 0.264 e. The van der Waals surface area contributed by atoms with Gasteiger partial charge in [0.05, 0.1) is 5.69 Å². The third kappa shape index (κ3) is 4.24. The SMILES string of the molecule is CC(C)(C)c1nnsc1C(=O)NCCCCCl. The number of carbonyl (C=O) groups excluding carboxylic acids is 1. The van der Waals surface area contributed by atoms with E-state index in [-0.39, 0.29) is 11.3 Å². The first kappa shape index (κ1) is 14.4. The van der Waals surface area contributed by atoms with Crippen molar-refractivity contribution in [1.29, 1.82) is 0 Å². The summed E-state index contributed by atoms with van der Waals surface area (Å²) in [5.74, 6) is 0.546. The third-order valence-corrected chi connectivity index (χ3v) is 3.24. The molecule has 0 aromatic carbocycles. The molecular formula is C11H18ClN3OS. The predicted molar refractivity (Wildman–Crippen MR) is 70.9 cm³/mol. The second kappa shape index (κ2) is 6.31. The lowest BCUT2D eigenvalue weighted by atomic mass is 9.91. The molecule has 1 aromatic heterocycles. The van der Waals surface area contributed by atoms with Crippen LogP contribution in [0.15, 0.2) is 0 Å². The van der Waals surface area contributed by atoms with E-state index < -0.39 is 0 Å². The zero-order chi connectivity index (χ0) is 12.9. The zero-order valence-corrected chi connectivity index (χ0v) is 12.0. The van der Waals surface area contributed by atoms with E-state index in [2.05, 4.69) is 14.9 Å². The molecule has 1 rings (SSSR count). The van der Waals surface area contributed by atoms with Crippen molar-refractivity contribution in [1.82, 2.24) is 14.9 Å². The summed E-state index contributed by atoms with van der Waals surface area (Å²) < 4.78 is 3.86. The number of hydrogen-bond acceptors (Lipinski definition) is 4. The van der Waals surface area contributed by atoms with E-state index in [0.29, 0.717) is 17.3 Å². The van der Waals surface area contributed by atoms with Gasteiger partial charge in [-0.3, -0.25) is 4.79 Å². The van der Waals surface area contributed by atoms with Gasteiger partial charge in [0.2, 0.25) is 0 Å². The lowest BCUT2D eigenvalue weighted by Crippen LogP contribution is -2.27. The van der Waals surface area contributed by atoms with Gasteiger partial charge in [0.25, 0.3) is 5.91 Å². The minimum Gasteiger partial charge on any atom is -0.351 e. The topological polar surface area (TPSA) is 54.9 Å². The first-order chi connectivity index (χ1) is 7.96. The fraction of sp³-hybridized carbons (Fsp3) is 0.727. The fourth-order valence-electron chi connectivity index (χ4n) is 1.33. The summed E-state index contributed by atoms with van der Waals surface area (Å²) in [4.78, 5) is 12.5. The van der Waals surface area contributed by atoms with Crippen molar-refractivity contribution >= 4 is 29.0 Å². The molecular weight excluding hydrogens is 258 g/mol. The number of rotatable bonds is 5. The van der Waals surface area contributed by atoms with Crippen molar-refractivity contribution in [2.75, 3.05) is 12.4 Å². The van der Waals surface area contributed by atoms with Gasteiger partial charge in [0, 0.05) is 17.8 Å². The second-order valence-corrected chi connectivity index (χ2v) is 5.98. The van der Waals surface area contributed by atoms with Gasteiger partial charge in [-0.2, -0.15) is 0 Å². The van der Waals surface area contributed by atoms with Gasteiger partial charge < -0.3 is 5.32 Å². The molecule has 0 atom stereocenters. The summed E-state index contributed by atoms with van der Waals surface area (Å²) in [6.07, 6.45) is 1.81. The molecule has 4 nitrogen and oxygen atoms in total. The Hall–Kier alpha value is -0.680. The van der Waals surface area contributed by atoms with Gasteiger partial charge >= 0.3 is 0 Å². The summed E-state index contributed by atoms with van der Waals surface area (Å²) in [6.45, 7) is 6.71. The largest absolute Gasteiger partial charge is 0.351 e. The lowest BCUT2D eigenvalue weighted by molar-refractivity contribution is 0.0955. The summed E-state index contributed by atoms with van der Waals surface area (Å²) in [6, 6.07) is 0. The molecule has 0 saturated carbocycles. The van der Waals surface area contributed by atoms with Crippen LogP contribution >= 0.6 is 23.1 Å². The van der Waals surface area contributed by atoms with Crippen LogP contribution in [-0.2, 0) is 5.41 Å². The quantitative estimate of drug-likeness (QED) is 0.664. The molecule has 1 amide bonds. The molecule has 0 aliphatic heterocycles. The average Bonchev–Trinajstić information content (AvgIpc) is 2.72. The molecule has 0 radical (unpaired) electrons. The van der Waals surface area contributed by atoms with Gasteiger partial charge in [-0.05, 0) is 24.4 Å². The highest BCUT2D eigenvalue weighted by Crippen LogP contribution is 2.25. The van der Waals surface area contributed by atoms with Crippen LogP contribution in [0.1, 0.15) is 49.0 Å². The molecule has 1 heterocycles. The number of nitrogens with zero attached hydrogens (tertiary/aromatic N) is 2. The Balaban J connectivity index is 2.61. The molecule has 96 valence electrons. The van der Waals surface area contributed by atoms with Crippen LogP contribution in [0.3, 0.4) is 0 Å². The molecule has 6 heteroatoms. The number of carbonyl (C=O) groups is 1. The number of unbranched alkanes of at least 4 members (excludes halogenated alkanes) is 1. The monoisotopic (exact) mass is 275 g/mol. The van der Waals surface area contributed by atoms with Gasteiger partial charge in [0.15, 0.2) is 0 Å². The maximum absolute atomic E-state index is 11.9. The Bertz CT molecular complexity index is 373. The summed E-state index contributed by atoms with van der Waals surface area (Å²) in [5, 5.41) is 6.90. The molecule has 0 unspecified atom stereocenters. The number of hydrogen-bond donors (Lipinski definition) is 1. The van der Waals surface area contributed by atoms with Crippen LogP contribution in [0.4, 0.5) is 0 Å². The van der Waals surface area contributed by atoms with Crippen LogP contribution in [0.5, 0.6) is 0 Å². The van der Waals surface area contributed by atoms with E-state index >= 15 is 0 Å². The molecule has 17 heavy (non-hydrogen) atoms. The predicted octanol–water partition coefficient (Wildman–Crippen LogP) is 2.58. The molecule has 0 fully saturated rings. The Morgan fingerprint density at radius 3 is 2.71 bits per heavy atom. The zero-order valence-electron chi connectivity index (χ0n) is 10.4. The number of aromatic nitrogens is 2. The number of amides is 1. The first-order valence-electron chi connectivity index (χ1n) is 5.64. The molecule has 0 bridgehead atoms. The van der Waals surface area contributed by atoms with E-state index in [1.807, 2.05) is 20.8 Å². The van der Waals surface area contributed by atoms with Crippen molar-refractivity contribution in [3.63, 3.8) is 0 Å². The summed E-state index contributed by atoms with van der Waals surface area (Å²) in [7, 11) is 0. The van der Waals surface area contributed by atoms with Crippen molar-refractivity contribution in [3.05, 3.63) is 10.6 Å². The van der Waals surface area contributed by atoms with E-state index in [0.717, 1.165) is 30.1 Å². The number of alkyl halides is 1. The molecule has 1 aromatic rings. The van der Waals surface area contributed by atoms with Gasteiger partial charge in [-0.1, -0.05) is 25.3 Å². The Kier molecular flexibility index (Phi) is 5.33. The van der Waals surface area contributed by atoms with E-state index in [1.54, 1.807) is 0 Å². The maximum Gasteiger partial charge on any atom is 0.264 e. The summed E-state index contributed by atoms with van der Waals surface area (Å²) in [5.41, 5.74) is 0.604. The second-order valence-electron chi connectivity index (χ2n) is 4.85. The molecule has 0 aliphatic rings. The van der Waals surface area contributed by atoms with Gasteiger partial charge in [0.1, 0.15) is 4.88 Å². The highest BCUT2D eigenvalue weighted by molar-refractivity contribution is 7.08. The number of nitrogens with one attached hydrogen (secondary N) is 1. The van der Waals surface area contributed by atoms with E-state index in [9.17, 15) is 4.79 Å². The normalized spacial score (nSPS) is 11.5. The average molecular weight is 276 g/mol.